The van der Waals surface area contributed by atoms with Crippen LogP contribution in [0.4, 0.5) is 0 Å². The first-order valence-corrected chi connectivity index (χ1v) is 6.09. The third-order valence-electron chi connectivity index (χ3n) is 1.33. The van der Waals surface area contributed by atoms with E-state index < -0.39 is 5.97 Å². The maximum absolute atomic E-state index is 10.6. The van der Waals surface area contributed by atoms with Gasteiger partial charge in [-0.05, 0) is 6.07 Å². The third kappa shape index (κ3) is 2.11. The van der Waals surface area contributed by atoms with Crippen LogP contribution in [0.2, 0.25) is 0 Å². The van der Waals surface area contributed by atoms with Crippen molar-refractivity contribution in [2.75, 3.05) is 0 Å². The van der Waals surface area contributed by atoms with E-state index in [9.17, 15) is 4.79 Å². The molecule has 0 radical (unpaired) electrons. The highest BCUT2D eigenvalue weighted by Gasteiger charge is 2.08. The topological polar surface area (TPSA) is 63.1 Å². The number of carboxylic acid groups (broad SMARTS) is 1. The number of carbonyl (C=O) groups is 1. The molecule has 2 aromatic heterocycles. The first-order chi connectivity index (χ1) is 6.75. The number of hydrogen-bond acceptors (Lipinski definition) is 6. The second-order valence-corrected chi connectivity index (χ2v) is 5.32. The Labute approximate surface area is 91.6 Å². The van der Waals surface area contributed by atoms with Gasteiger partial charge in [-0.1, -0.05) is 23.1 Å². The van der Waals surface area contributed by atoms with E-state index in [4.69, 9.17) is 5.11 Å². The maximum Gasteiger partial charge on any atom is 0.345 e. The fourth-order valence-corrected chi connectivity index (χ4v) is 3.17. The quantitative estimate of drug-likeness (QED) is 0.898. The summed E-state index contributed by atoms with van der Waals surface area (Å²) in [4.78, 5) is 11.8. The van der Waals surface area contributed by atoms with Crippen LogP contribution in [-0.4, -0.2) is 21.3 Å². The van der Waals surface area contributed by atoms with E-state index in [1.165, 1.54) is 34.4 Å². The Kier molecular flexibility index (Phi) is 2.80. The summed E-state index contributed by atoms with van der Waals surface area (Å²) >= 11 is 4.07. The Bertz CT molecular complexity index is 437. The van der Waals surface area contributed by atoms with Crippen LogP contribution < -0.4 is 0 Å². The van der Waals surface area contributed by atoms with Crippen LogP contribution in [-0.2, 0) is 0 Å². The van der Waals surface area contributed by atoms with Crippen LogP contribution >= 0.6 is 34.4 Å². The molecule has 0 atom stereocenters. The van der Waals surface area contributed by atoms with Crippen LogP contribution in [0.25, 0.3) is 0 Å². The van der Waals surface area contributed by atoms with Gasteiger partial charge in [-0.2, -0.15) is 0 Å². The van der Waals surface area contributed by atoms with Gasteiger partial charge < -0.3 is 5.11 Å². The van der Waals surface area contributed by atoms with Gasteiger partial charge >= 0.3 is 5.97 Å². The van der Waals surface area contributed by atoms with Gasteiger partial charge in [0, 0.05) is 10.3 Å². The Balaban J connectivity index is 2.14. The molecule has 0 aliphatic carbocycles. The molecule has 0 saturated carbocycles. The predicted molar refractivity (Wildman–Crippen MR) is 55.3 cm³/mol. The zero-order chi connectivity index (χ0) is 9.97. The minimum atomic E-state index is -0.890. The van der Waals surface area contributed by atoms with Crippen LogP contribution in [0.5, 0.6) is 0 Å². The molecule has 0 aliphatic rings. The van der Waals surface area contributed by atoms with Gasteiger partial charge in [0.25, 0.3) is 0 Å². The van der Waals surface area contributed by atoms with Gasteiger partial charge in [-0.15, -0.1) is 21.5 Å². The van der Waals surface area contributed by atoms with Crippen molar-refractivity contribution in [3.8, 4) is 0 Å². The first-order valence-electron chi connectivity index (χ1n) is 3.51. The minimum absolute atomic E-state index is 0.344. The highest BCUT2D eigenvalue weighted by atomic mass is 32.2. The highest BCUT2D eigenvalue weighted by molar-refractivity contribution is 8.01. The number of hydrogen-bond donors (Lipinski definition) is 1. The fourth-order valence-electron chi connectivity index (χ4n) is 0.793. The van der Waals surface area contributed by atoms with Crippen LogP contribution in [0.15, 0.2) is 26.2 Å². The van der Waals surface area contributed by atoms with Crippen molar-refractivity contribution in [2.24, 2.45) is 0 Å². The molecule has 0 amide bonds. The molecule has 4 nitrogen and oxygen atoms in total. The molecule has 0 saturated heterocycles. The van der Waals surface area contributed by atoms with E-state index in [2.05, 4.69) is 10.2 Å². The first kappa shape index (κ1) is 9.63. The standard InChI is InChI=1S/C7H4N2O2S3/c10-6(11)5-1-4(2-12-5)14-7-9-8-3-13-7/h1-3H,(H,10,11). The largest absolute Gasteiger partial charge is 0.477 e. The Morgan fingerprint density at radius 2 is 2.36 bits per heavy atom. The molecule has 2 aromatic rings. The minimum Gasteiger partial charge on any atom is -0.477 e. The Hall–Kier alpha value is -0.920. The van der Waals surface area contributed by atoms with Gasteiger partial charge in [0.1, 0.15) is 10.4 Å². The molecule has 0 aliphatic heterocycles. The van der Waals surface area contributed by atoms with Gasteiger partial charge in [0.2, 0.25) is 0 Å². The highest BCUT2D eigenvalue weighted by Crippen LogP contribution is 2.31. The van der Waals surface area contributed by atoms with E-state index in [0.29, 0.717) is 4.88 Å². The van der Waals surface area contributed by atoms with Gasteiger partial charge in [-0.3, -0.25) is 0 Å². The molecule has 0 unspecified atom stereocenters. The lowest BCUT2D eigenvalue weighted by molar-refractivity contribution is 0.0702. The molecule has 2 rings (SSSR count). The second kappa shape index (κ2) is 4.07. The van der Waals surface area contributed by atoms with Crippen molar-refractivity contribution in [3.05, 3.63) is 21.8 Å². The van der Waals surface area contributed by atoms with Crippen molar-refractivity contribution >= 4 is 40.4 Å². The Morgan fingerprint density at radius 3 is 2.93 bits per heavy atom. The van der Waals surface area contributed by atoms with E-state index >= 15 is 0 Å². The van der Waals surface area contributed by atoms with Crippen molar-refractivity contribution in [1.82, 2.24) is 10.2 Å². The monoisotopic (exact) mass is 244 g/mol. The van der Waals surface area contributed by atoms with E-state index in [0.717, 1.165) is 9.24 Å². The number of thiophene rings is 1. The Morgan fingerprint density at radius 1 is 1.50 bits per heavy atom. The van der Waals surface area contributed by atoms with Gasteiger partial charge in [0.15, 0.2) is 4.34 Å². The summed E-state index contributed by atoms with van der Waals surface area (Å²) in [5.74, 6) is -0.890. The predicted octanol–water partition coefficient (Wildman–Crippen LogP) is 2.45. The van der Waals surface area contributed by atoms with E-state index in [1.807, 2.05) is 0 Å². The summed E-state index contributed by atoms with van der Waals surface area (Å²) in [7, 11) is 0. The number of rotatable bonds is 3. The number of aromatic nitrogens is 2. The van der Waals surface area contributed by atoms with Crippen molar-refractivity contribution in [3.63, 3.8) is 0 Å². The average molecular weight is 244 g/mol. The zero-order valence-corrected chi connectivity index (χ0v) is 9.16. The van der Waals surface area contributed by atoms with Gasteiger partial charge in [-0.25, -0.2) is 4.79 Å². The molecule has 0 aromatic carbocycles. The van der Waals surface area contributed by atoms with Crippen LogP contribution in [0.3, 0.4) is 0 Å². The van der Waals surface area contributed by atoms with Gasteiger partial charge in [0.05, 0.1) is 0 Å². The molecule has 14 heavy (non-hydrogen) atoms. The summed E-state index contributed by atoms with van der Waals surface area (Å²) in [6.45, 7) is 0. The summed E-state index contributed by atoms with van der Waals surface area (Å²) in [5, 5.41) is 18.1. The molecule has 0 fully saturated rings. The molecular formula is C7H4N2O2S3. The zero-order valence-electron chi connectivity index (χ0n) is 6.71. The lowest BCUT2D eigenvalue weighted by Gasteiger charge is -1.88. The second-order valence-electron chi connectivity index (χ2n) is 2.26. The average Bonchev–Trinajstić information content (AvgIpc) is 2.75. The summed E-state index contributed by atoms with van der Waals surface area (Å²) in [6, 6.07) is 1.64. The van der Waals surface area contributed by atoms with Crippen LogP contribution in [0.1, 0.15) is 9.67 Å². The summed E-state index contributed by atoms with van der Waals surface area (Å²) < 4.78 is 0.819. The van der Waals surface area contributed by atoms with E-state index in [1.54, 1.807) is 17.0 Å². The molecule has 2 heterocycles. The molecule has 0 bridgehead atoms. The molecule has 0 spiro atoms. The maximum atomic E-state index is 10.6. The molecular weight excluding hydrogens is 240 g/mol. The molecule has 72 valence electrons. The SMILES string of the molecule is O=C(O)c1cc(Sc2nncs2)cs1. The molecule has 1 N–H and O–H groups in total. The van der Waals surface area contributed by atoms with E-state index in [-0.39, 0.29) is 0 Å². The van der Waals surface area contributed by atoms with Crippen molar-refractivity contribution in [1.29, 1.82) is 0 Å². The summed E-state index contributed by atoms with van der Waals surface area (Å²) in [6.07, 6.45) is 0. The number of nitrogens with zero attached hydrogens (tertiary/aromatic N) is 2. The fraction of sp³-hybridized carbons (Fsp3) is 0. The lowest BCUT2D eigenvalue weighted by atomic mass is 10.5. The molecule has 7 heteroatoms. The lowest BCUT2D eigenvalue weighted by Crippen LogP contribution is -1.89. The van der Waals surface area contributed by atoms with Crippen molar-refractivity contribution in [2.45, 2.75) is 9.24 Å². The summed E-state index contributed by atoms with van der Waals surface area (Å²) in [5.41, 5.74) is 1.65. The number of carboxylic acids is 1. The van der Waals surface area contributed by atoms with Crippen LogP contribution in [0, 0.1) is 0 Å². The van der Waals surface area contributed by atoms with Crippen molar-refractivity contribution < 1.29 is 9.90 Å². The number of aromatic carboxylic acids is 1. The smallest absolute Gasteiger partial charge is 0.345 e. The third-order valence-corrected chi connectivity index (χ3v) is 4.15. The normalized spacial score (nSPS) is 10.3.